The number of rotatable bonds is 8. The molecule has 28 heavy (non-hydrogen) atoms. The molecule has 0 radical (unpaired) electrons. The van der Waals surface area contributed by atoms with Crippen molar-refractivity contribution in [3.05, 3.63) is 29.3 Å². The van der Waals surface area contributed by atoms with Crippen LogP contribution in [0.4, 0.5) is 0 Å². The van der Waals surface area contributed by atoms with Gasteiger partial charge >= 0.3 is 0 Å². The summed E-state index contributed by atoms with van der Waals surface area (Å²) in [6.45, 7) is 10.9. The molecule has 1 heterocycles. The fourth-order valence-electron chi connectivity index (χ4n) is 2.99. The van der Waals surface area contributed by atoms with E-state index in [9.17, 15) is 4.79 Å². The third kappa shape index (κ3) is 7.56. The van der Waals surface area contributed by atoms with Crippen molar-refractivity contribution in [1.82, 2.24) is 20.0 Å². The van der Waals surface area contributed by atoms with E-state index >= 15 is 0 Å². The number of piperazine rings is 1. The Bertz CT molecular complexity index is 630. The van der Waals surface area contributed by atoms with E-state index in [1.807, 2.05) is 36.2 Å². The Labute approximate surface area is 173 Å². The van der Waals surface area contributed by atoms with Gasteiger partial charge in [-0.1, -0.05) is 11.6 Å². The molecular formula is C20H32ClN5O2. The number of hydrogen-bond donors (Lipinski definition) is 1. The van der Waals surface area contributed by atoms with Crippen LogP contribution >= 0.6 is 11.6 Å². The van der Waals surface area contributed by atoms with Crippen LogP contribution < -0.4 is 10.1 Å². The molecule has 0 bridgehead atoms. The SMILES string of the molecule is CCNC(=NCCN1CCN(C(C)=O)CC1)N(C)CCOc1ccc(Cl)cc1. The predicted octanol–water partition coefficient (Wildman–Crippen LogP) is 1.78. The number of benzene rings is 1. The highest BCUT2D eigenvalue weighted by Crippen LogP contribution is 2.15. The zero-order valence-corrected chi connectivity index (χ0v) is 17.9. The van der Waals surface area contributed by atoms with Gasteiger partial charge in [-0.05, 0) is 31.2 Å². The highest BCUT2D eigenvalue weighted by Gasteiger charge is 2.18. The molecule has 156 valence electrons. The molecule has 1 fully saturated rings. The first-order valence-electron chi connectivity index (χ1n) is 9.85. The van der Waals surface area contributed by atoms with Crippen molar-refractivity contribution in [1.29, 1.82) is 0 Å². The van der Waals surface area contributed by atoms with Crippen molar-refractivity contribution in [2.24, 2.45) is 4.99 Å². The average molecular weight is 410 g/mol. The Morgan fingerprint density at radius 2 is 1.93 bits per heavy atom. The summed E-state index contributed by atoms with van der Waals surface area (Å²) in [4.78, 5) is 22.5. The summed E-state index contributed by atoms with van der Waals surface area (Å²) >= 11 is 5.89. The molecule has 7 nitrogen and oxygen atoms in total. The van der Waals surface area contributed by atoms with Gasteiger partial charge in [-0.3, -0.25) is 14.7 Å². The smallest absolute Gasteiger partial charge is 0.219 e. The maximum absolute atomic E-state index is 11.4. The molecule has 0 aliphatic carbocycles. The van der Waals surface area contributed by atoms with E-state index in [1.165, 1.54) is 0 Å². The van der Waals surface area contributed by atoms with Crippen molar-refractivity contribution >= 4 is 23.5 Å². The summed E-state index contributed by atoms with van der Waals surface area (Å²) in [5.41, 5.74) is 0. The molecule has 8 heteroatoms. The monoisotopic (exact) mass is 409 g/mol. The Morgan fingerprint density at radius 3 is 2.54 bits per heavy atom. The first-order chi connectivity index (χ1) is 13.5. The van der Waals surface area contributed by atoms with Crippen molar-refractivity contribution < 1.29 is 9.53 Å². The van der Waals surface area contributed by atoms with E-state index in [-0.39, 0.29) is 5.91 Å². The molecule has 0 unspecified atom stereocenters. The molecule has 1 amide bonds. The summed E-state index contributed by atoms with van der Waals surface area (Å²) in [5, 5.41) is 4.03. The van der Waals surface area contributed by atoms with Crippen LogP contribution in [-0.4, -0.2) is 92.6 Å². The third-order valence-corrected chi connectivity index (χ3v) is 4.95. The molecule has 1 aromatic carbocycles. The van der Waals surface area contributed by atoms with E-state index in [4.69, 9.17) is 21.3 Å². The van der Waals surface area contributed by atoms with Crippen LogP contribution in [0.1, 0.15) is 13.8 Å². The summed E-state index contributed by atoms with van der Waals surface area (Å²) < 4.78 is 5.77. The van der Waals surface area contributed by atoms with Gasteiger partial charge in [0.15, 0.2) is 5.96 Å². The number of halogens is 1. The number of amides is 1. The number of nitrogens with one attached hydrogen (secondary N) is 1. The van der Waals surface area contributed by atoms with Gasteiger partial charge in [0, 0.05) is 58.3 Å². The average Bonchev–Trinajstić information content (AvgIpc) is 2.69. The molecule has 0 atom stereocenters. The fourth-order valence-corrected chi connectivity index (χ4v) is 3.12. The molecule has 2 rings (SSSR count). The van der Waals surface area contributed by atoms with Crippen LogP contribution in [0.3, 0.4) is 0 Å². The number of guanidine groups is 1. The minimum absolute atomic E-state index is 0.162. The minimum atomic E-state index is 0.162. The summed E-state index contributed by atoms with van der Waals surface area (Å²) in [6, 6.07) is 7.38. The fraction of sp³-hybridized carbons (Fsp3) is 0.600. The lowest BCUT2D eigenvalue weighted by Crippen LogP contribution is -2.48. The van der Waals surface area contributed by atoms with Gasteiger partial charge < -0.3 is 19.9 Å². The first-order valence-corrected chi connectivity index (χ1v) is 10.2. The van der Waals surface area contributed by atoms with Crippen LogP contribution in [0.25, 0.3) is 0 Å². The van der Waals surface area contributed by atoms with E-state index in [0.717, 1.165) is 64.1 Å². The van der Waals surface area contributed by atoms with E-state index in [1.54, 1.807) is 6.92 Å². The molecule has 1 aliphatic heterocycles. The van der Waals surface area contributed by atoms with Crippen molar-refractivity contribution in [3.63, 3.8) is 0 Å². The Morgan fingerprint density at radius 1 is 1.25 bits per heavy atom. The first kappa shape index (κ1) is 22.3. The number of carbonyl (C=O) groups is 1. The molecule has 1 aliphatic rings. The van der Waals surface area contributed by atoms with Gasteiger partial charge in [-0.25, -0.2) is 0 Å². The molecule has 0 saturated carbocycles. The van der Waals surface area contributed by atoms with Crippen molar-refractivity contribution in [2.75, 3.05) is 66.0 Å². The van der Waals surface area contributed by atoms with Gasteiger partial charge in [0.1, 0.15) is 12.4 Å². The number of hydrogen-bond acceptors (Lipinski definition) is 4. The van der Waals surface area contributed by atoms with Crippen LogP contribution in [0, 0.1) is 0 Å². The molecule has 1 N–H and O–H groups in total. The topological polar surface area (TPSA) is 60.4 Å². The van der Waals surface area contributed by atoms with E-state index < -0.39 is 0 Å². The lowest BCUT2D eigenvalue weighted by molar-refractivity contribution is -0.130. The van der Waals surface area contributed by atoms with Crippen LogP contribution in [-0.2, 0) is 4.79 Å². The number of ether oxygens (including phenoxy) is 1. The molecule has 1 aromatic rings. The largest absolute Gasteiger partial charge is 0.492 e. The van der Waals surface area contributed by atoms with Gasteiger partial charge in [-0.2, -0.15) is 0 Å². The van der Waals surface area contributed by atoms with Gasteiger partial charge in [-0.15, -0.1) is 0 Å². The minimum Gasteiger partial charge on any atom is -0.492 e. The van der Waals surface area contributed by atoms with Crippen molar-refractivity contribution in [3.8, 4) is 5.75 Å². The summed E-state index contributed by atoms with van der Waals surface area (Å²) in [6.07, 6.45) is 0. The Hall–Kier alpha value is -1.99. The lowest BCUT2D eigenvalue weighted by Gasteiger charge is -2.33. The second-order valence-electron chi connectivity index (χ2n) is 6.81. The highest BCUT2D eigenvalue weighted by atomic mass is 35.5. The summed E-state index contributed by atoms with van der Waals surface area (Å²) in [5.74, 6) is 1.85. The van der Waals surface area contributed by atoms with Gasteiger partial charge in [0.05, 0.1) is 13.1 Å². The third-order valence-electron chi connectivity index (χ3n) is 4.70. The zero-order chi connectivity index (χ0) is 20.4. The van der Waals surface area contributed by atoms with Crippen LogP contribution in [0.5, 0.6) is 5.75 Å². The highest BCUT2D eigenvalue weighted by molar-refractivity contribution is 6.30. The number of nitrogens with zero attached hydrogens (tertiary/aromatic N) is 4. The van der Waals surface area contributed by atoms with Crippen LogP contribution in [0.15, 0.2) is 29.3 Å². The maximum atomic E-state index is 11.4. The summed E-state index contributed by atoms with van der Waals surface area (Å²) in [7, 11) is 2.01. The standard InChI is InChI=1S/C20H32ClN5O2/c1-4-22-20(23-9-10-25-11-13-26(14-12-25)17(2)27)24(3)15-16-28-19-7-5-18(21)6-8-19/h5-8H,4,9-16H2,1-3H3,(H,22,23). The maximum Gasteiger partial charge on any atom is 0.219 e. The van der Waals surface area contributed by atoms with Crippen molar-refractivity contribution in [2.45, 2.75) is 13.8 Å². The second kappa shape index (κ2) is 11.8. The van der Waals surface area contributed by atoms with E-state index in [2.05, 4.69) is 22.0 Å². The predicted molar refractivity (Wildman–Crippen MR) is 114 cm³/mol. The molecule has 1 saturated heterocycles. The zero-order valence-electron chi connectivity index (χ0n) is 17.2. The molecule has 0 spiro atoms. The lowest BCUT2D eigenvalue weighted by atomic mass is 10.3. The molecular weight excluding hydrogens is 378 g/mol. The molecule has 0 aromatic heterocycles. The Balaban J connectivity index is 1.74. The van der Waals surface area contributed by atoms with Gasteiger partial charge in [0.25, 0.3) is 0 Å². The Kier molecular flexibility index (Phi) is 9.37. The van der Waals surface area contributed by atoms with E-state index in [0.29, 0.717) is 11.6 Å². The van der Waals surface area contributed by atoms with Gasteiger partial charge in [0.2, 0.25) is 5.91 Å². The number of carbonyl (C=O) groups excluding carboxylic acids is 1. The number of aliphatic imine (C=N–C) groups is 1. The second-order valence-corrected chi connectivity index (χ2v) is 7.24. The normalized spacial score (nSPS) is 15.4. The number of likely N-dealkylation sites (N-methyl/N-ethyl adjacent to an activating group) is 1. The quantitative estimate of drug-likeness (QED) is 0.524. The van der Waals surface area contributed by atoms with Crippen LogP contribution in [0.2, 0.25) is 5.02 Å².